The number of rotatable bonds is 2. The van der Waals surface area contributed by atoms with Crippen LogP contribution in [-0.4, -0.2) is 62.5 Å². The van der Waals surface area contributed by atoms with Gasteiger partial charge in [-0.3, -0.25) is 4.90 Å². The van der Waals surface area contributed by atoms with Crippen molar-refractivity contribution in [1.29, 1.82) is 0 Å². The smallest absolute Gasteiger partial charge is 0.326 e. The average Bonchev–Trinajstić information content (AvgIpc) is 2.57. The van der Waals surface area contributed by atoms with E-state index >= 15 is 0 Å². The van der Waals surface area contributed by atoms with Gasteiger partial charge in [-0.1, -0.05) is 0 Å². The highest BCUT2D eigenvalue weighted by molar-refractivity contribution is 5.78. The fourth-order valence-corrected chi connectivity index (χ4v) is 1.74. The molecule has 0 aromatic heterocycles. The Morgan fingerprint density at radius 1 is 1.41 bits per heavy atom. The van der Waals surface area contributed by atoms with E-state index in [-0.39, 0.29) is 6.23 Å². The summed E-state index contributed by atoms with van der Waals surface area (Å²) < 4.78 is 5.15. The first-order chi connectivity index (χ1) is 8.04. The van der Waals surface area contributed by atoms with E-state index in [0.717, 1.165) is 4.90 Å². The van der Waals surface area contributed by atoms with E-state index in [4.69, 9.17) is 14.9 Å². The molecule has 95 valence electrons. The van der Waals surface area contributed by atoms with Crippen LogP contribution >= 0.6 is 0 Å². The van der Waals surface area contributed by atoms with Gasteiger partial charge in [0.1, 0.15) is 18.3 Å². The molecule has 0 unspecified atom stereocenters. The molecule has 1 fully saturated rings. The van der Waals surface area contributed by atoms with Gasteiger partial charge in [-0.25, -0.2) is 4.79 Å². The van der Waals surface area contributed by atoms with Crippen LogP contribution in [0.4, 0.5) is 4.79 Å². The van der Waals surface area contributed by atoms with Crippen LogP contribution in [0, 0.1) is 6.23 Å². The molecule has 0 aromatic rings. The first-order valence-corrected chi connectivity index (χ1v) is 5.00. The third-order valence-electron chi connectivity index (χ3n) is 2.65. The quantitative estimate of drug-likeness (QED) is 0.377. The molecule has 8 nitrogen and oxygen atoms in total. The summed E-state index contributed by atoms with van der Waals surface area (Å²) in [5.41, 5.74) is 0. The summed E-state index contributed by atoms with van der Waals surface area (Å²) >= 11 is 0. The lowest BCUT2D eigenvalue weighted by Gasteiger charge is -2.30. The fourth-order valence-electron chi connectivity index (χ4n) is 1.74. The molecule has 2 aliphatic heterocycles. The minimum absolute atomic E-state index is 0.321. The molecule has 0 aliphatic carbocycles. The summed E-state index contributed by atoms with van der Waals surface area (Å²) in [6.45, 7) is -0.467. The minimum Gasteiger partial charge on any atom is -0.394 e. The third kappa shape index (κ3) is 2.13. The van der Waals surface area contributed by atoms with E-state index in [1.165, 1.54) is 12.3 Å². The van der Waals surface area contributed by atoms with E-state index < -0.39 is 37.2 Å². The number of amides is 2. The fraction of sp³-hybridized carbons (Fsp3) is 0.556. The normalized spacial score (nSPS) is 38.6. The summed E-state index contributed by atoms with van der Waals surface area (Å²) in [6, 6.07) is -0.695. The maximum Gasteiger partial charge on any atom is 0.326 e. The molecule has 0 spiro atoms. The van der Waals surface area contributed by atoms with E-state index in [1.54, 1.807) is 0 Å². The summed E-state index contributed by atoms with van der Waals surface area (Å²) in [4.78, 5) is 12.5. The topological polar surface area (TPSA) is 122 Å². The van der Waals surface area contributed by atoms with Crippen LogP contribution in [0.15, 0.2) is 12.3 Å². The lowest BCUT2D eigenvalue weighted by atomic mass is 10.1. The van der Waals surface area contributed by atoms with Gasteiger partial charge in [-0.05, 0) is 6.08 Å². The molecule has 17 heavy (non-hydrogen) atoms. The molecule has 1 radical (unpaired) electrons. The Morgan fingerprint density at radius 2 is 2.12 bits per heavy atom. The SMILES string of the molecule is O=C1N[C](O)C=CN1[C@@H]1O[C@H](CO)[C@@H](O)[C@H]1O. The van der Waals surface area contributed by atoms with Crippen molar-refractivity contribution in [2.24, 2.45) is 0 Å². The molecule has 2 amide bonds. The Bertz CT molecular complexity index is 335. The van der Waals surface area contributed by atoms with Gasteiger partial charge in [-0.15, -0.1) is 0 Å². The van der Waals surface area contributed by atoms with E-state index in [9.17, 15) is 15.0 Å². The number of aliphatic hydroxyl groups is 4. The highest BCUT2D eigenvalue weighted by Crippen LogP contribution is 2.25. The van der Waals surface area contributed by atoms with Gasteiger partial charge in [0.15, 0.2) is 6.23 Å². The predicted octanol–water partition coefficient (Wildman–Crippen LogP) is -2.17. The van der Waals surface area contributed by atoms with E-state index in [2.05, 4.69) is 5.32 Å². The summed E-state index contributed by atoms with van der Waals surface area (Å²) in [5.74, 6) is 0. The lowest BCUT2D eigenvalue weighted by molar-refractivity contribution is -0.0663. The molecule has 4 atom stereocenters. The third-order valence-corrected chi connectivity index (χ3v) is 2.65. The Balaban J connectivity index is 2.13. The second-order valence-corrected chi connectivity index (χ2v) is 3.77. The number of carbonyl (C=O) groups excluding carboxylic acids is 1. The first-order valence-electron chi connectivity index (χ1n) is 5.00. The van der Waals surface area contributed by atoms with Crippen molar-refractivity contribution >= 4 is 6.03 Å². The zero-order valence-corrected chi connectivity index (χ0v) is 8.72. The predicted molar refractivity (Wildman–Crippen MR) is 52.4 cm³/mol. The van der Waals surface area contributed by atoms with Crippen molar-refractivity contribution in [3.63, 3.8) is 0 Å². The van der Waals surface area contributed by atoms with Crippen LogP contribution in [0.1, 0.15) is 0 Å². The van der Waals surface area contributed by atoms with Crippen molar-refractivity contribution in [2.75, 3.05) is 6.61 Å². The van der Waals surface area contributed by atoms with Crippen LogP contribution in [0.3, 0.4) is 0 Å². The lowest BCUT2D eigenvalue weighted by Crippen LogP contribution is -2.51. The average molecular weight is 245 g/mol. The molecule has 5 N–H and O–H groups in total. The number of nitrogens with one attached hydrogen (secondary N) is 1. The van der Waals surface area contributed by atoms with Crippen LogP contribution in [0.2, 0.25) is 0 Å². The number of carbonyl (C=O) groups is 1. The van der Waals surface area contributed by atoms with E-state index in [0.29, 0.717) is 0 Å². The second-order valence-electron chi connectivity index (χ2n) is 3.77. The molecule has 2 heterocycles. The molecule has 8 heteroatoms. The minimum atomic E-state index is -1.33. The summed E-state index contributed by atoms with van der Waals surface area (Å²) in [6.07, 6.45) is -2.56. The number of nitrogens with zero attached hydrogens (tertiary/aromatic N) is 1. The maximum absolute atomic E-state index is 11.5. The number of aliphatic hydroxyl groups excluding tert-OH is 4. The highest BCUT2D eigenvalue weighted by atomic mass is 16.6. The largest absolute Gasteiger partial charge is 0.394 e. The van der Waals surface area contributed by atoms with Gasteiger partial charge in [0.2, 0.25) is 6.23 Å². The standard InChI is InChI=1S/C9H13N2O6/c12-3-4-6(14)7(15)8(17-4)11-2-1-5(13)10-9(11)16/h1-2,4,6-8,12-15H,3H2,(H,10,16)/t4-,6-,7-,8-/m1/s1. The first kappa shape index (κ1) is 12.3. The van der Waals surface area contributed by atoms with Crippen LogP contribution in [0.5, 0.6) is 0 Å². The van der Waals surface area contributed by atoms with Crippen LogP contribution in [-0.2, 0) is 4.74 Å². The molecule has 0 aromatic carbocycles. The maximum atomic E-state index is 11.5. The Hall–Kier alpha value is -1.19. The van der Waals surface area contributed by atoms with Gasteiger partial charge in [0.05, 0.1) is 6.61 Å². The molecular weight excluding hydrogens is 232 g/mol. The Morgan fingerprint density at radius 3 is 2.65 bits per heavy atom. The van der Waals surface area contributed by atoms with Crippen molar-refractivity contribution in [3.8, 4) is 0 Å². The monoisotopic (exact) mass is 245 g/mol. The molecule has 2 rings (SSSR count). The van der Waals surface area contributed by atoms with Gasteiger partial charge in [-0.2, -0.15) is 0 Å². The Kier molecular flexibility index (Phi) is 3.31. The number of hydrogen-bond acceptors (Lipinski definition) is 6. The second kappa shape index (κ2) is 4.59. The molecule has 2 aliphatic rings. The van der Waals surface area contributed by atoms with Crippen LogP contribution < -0.4 is 5.32 Å². The van der Waals surface area contributed by atoms with Gasteiger partial charge < -0.3 is 30.5 Å². The molecule has 0 bridgehead atoms. The Labute approximate surface area is 96.7 Å². The molecular formula is C9H13N2O6. The molecule has 1 saturated heterocycles. The van der Waals surface area contributed by atoms with Crippen molar-refractivity contribution in [2.45, 2.75) is 24.5 Å². The van der Waals surface area contributed by atoms with Crippen molar-refractivity contribution in [1.82, 2.24) is 10.2 Å². The summed E-state index contributed by atoms with van der Waals surface area (Å²) in [5, 5.41) is 39.3. The number of ether oxygens (including phenoxy) is 1. The number of hydrogen-bond donors (Lipinski definition) is 5. The van der Waals surface area contributed by atoms with Crippen LogP contribution in [0.25, 0.3) is 0 Å². The zero-order valence-electron chi connectivity index (χ0n) is 8.72. The van der Waals surface area contributed by atoms with Gasteiger partial charge in [0.25, 0.3) is 0 Å². The zero-order chi connectivity index (χ0) is 12.6. The number of urea groups is 1. The molecule has 0 saturated carbocycles. The van der Waals surface area contributed by atoms with Crippen molar-refractivity contribution < 1.29 is 30.0 Å². The summed E-state index contributed by atoms with van der Waals surface area (Å²) in [7, 11) is 0. The highest BCUT2D eigenvalue weighted by Gasteiger charge is 2.46. The van der Waals surface area contributed by atoms with E-state index in [1.807, 2.05) is 0 Å². The van der Waals surface area contributed by atoms with Crippen molar-refractivity contribution in [3.05, 3.63) is 18.5 Å². The van der Waals surface area contributed by atoms with Gasteiger partial charge in [0, 0.05) is 6.20 Å². The van der Waals surface area contributed by atoms with Gasteiger partial charge >= 0.3 is 6.03 Å².